The molecule has 1 aromatic carbocycles. The minimum Gasteiger partial charge on any atom is -0.381 e. The molecule has 0 unspecified atom stereocenters. The Bertz CT molecular complexity index is 553. The van der Waals surface area contributed by atoms with Crippen LogP contribution >= 0.6 is 0 Å². The highest BCUT2D eigenvalue weighted by atomic mass is 19.1. The number of aromatic nitrogens is 2. The van der Waals surface area contributed by atoms with Crippen LogP contribution in [0.4, 0.5) is 10.1 Å². The first-order chi connectivity index (χ1) is 8.27. The van der Waals surface area contributed by atoms with Gasteiger partial charge < -0.3 is 5.32 Å². The van der Waals surface area contributed by atoms with Crippen LogP contribution in [-0.4, -0.2) is 16.3 Å². The monoisotopic (exact) mass is 233 g/mol. The van der Waals surface area contributed by atoms with E-state index in [0.717, 1.165) is 0 Å². The third-order valence-electron chi connectivity index (χ3n) is 2.30. The lowest BCUT2D eigenvalue weighted by Gasteiger charge is -2.07. The Morgan fingerprint density at radius 3 is 2.82 bits per heavy atom. The van der Waals surface area contributed by atoms with Crippen LogP contribution < -0.4 is 10.9 Å². The lowest BCUT2D eigenvalue weighted by atomic mass is 10.3. The molecule has 0 bridgehead atoms. The maximum absolute atomic E-state index is 13.2. The molecule has 0 atom stereocenters. The van der Waals surface area contributed by atoms with E-state index in [1.54, 1.807) is 30.5 Å². The predicted octanol–water partition coefficient (Wildman–Crippen LogP) is 1.49. The summed E-state index contributed by atoms with van der Waals surface area (Å²) in [6.45, 7) is 0.839. The summed E-state index contributed by atoms with van der Waals surface area (Å²) in [6.07, 6.45) is 1.55. The van der Waals surface area contributed by atoms with Gasteiger partial charge in [0.2, 0.25) is 0 Å². The number of halogens is 1. The summed E-state index contributed by atoms with van der Waals surface area (Å²) in [5.41, 5.74) is 0.263. The summed E-state index contributed by atoms with van der Waals surface area (Å²) < 4.78 is 14.6. The van der Waals surface area contributed by atoms with Crippen molar-refractivity contribution < 1.29 is 4.39 Å². The molecule has 1 N–H and O–H groups in total. The number of rotatable bonds is 4. The Morgan fingerprint density at radius 2 is 2.06 bits per heavy atom. The van der Waals surface area contributed by atoms with Gasteiger partial charge in [-0.15, -0.1) is 0 Å². The molecule has 0 fully saturated rings. The Balaban J connectivity index is 1.95. The van der Waals surface area contributed by atoms with Gasteiger partial charge in [0.05, 0.1) is 12.2 Å². The maximum atomic E-state index is 13.2. The van der Waals surface area contributed by atoms with Crippen LogP contribution in [0, 0.1) is 5.82 Å². The van der Waals surface area contributed by atoms with Gasteiger partial charge in [-0.1, -0.05) is 12.1 Å². The molecule has 0 aliphatic rings. The highest BCUT2D eigenvalue weighted by Gasteiger charge is 1.99. The van der Waals surface area contributed by atoms with E-state index < -0.39 is 0 Å². The second kappa shape index (κ2) is 5.25. The van der Waals surface area contributed by atoms with Crippen molar-refractivity contribution in [1.82, 2.24) is 9.78 Å². The van der Waals surface area contributed by atoms with Gasteiger partial charge >= 0.3 is 0 Å². The lowest BCUT2D eigenvalue weighted by Crippen LogP contribution is -2.24. The molecule has 88 valence electrons. The molecule has 0 aliphatic carbocycles. The molecule has 5 heteroatoms. The Kier molecular flexibility index (Phi) is 3.49. The molecular formula is C12H12FN3O. The Morgan fingerprint density at radius 1 is 1.24 bits per heavy atom. The quantitative estimate of drug-likeness (QED) is 0.870. The fourth-order valence-electron chi connectivity index (χ4n) is 1.46. The van der Waals surface area contributed by atoms with Gasteiger partial charge in [0.15, 0.2) is 0 Å². The number of hydrogen-bond acceptors (Lipinski definition) is 3. The molecule has 0 spiro atoms. The second-order valence-electron chi connectivity index (χ2n) is 3.49. The summed E-state index contributed by atoms with van der Waals surface area (Å²) >= 11 is 0. The van der Waals surface area contributed by atoms with Gasteiger partial charge in [-0.25, -0.2) is 9.07 Å². The third-order valence-corrected chi connectivity index (χ3v) is 2.30. The molecule has 0 saturated carbocycles. The first-order valence-electron chi connectivity index (χ1n) is 5.28. The van der Waals surface area contributed by atoms with Crippen LogP contribution in [-0.2, 0) is 6.54 Å². The smallest absolute Gasteiger partial charge is 0.266 e. The molecule has 0 aliphatic heterocycles. The number of benzene rings is 1. The SMILES string of the molecule is O=c1cccnn1CCNc1ccccc1F. The Hall–Kier alpha value is -2.17. The van der Waals surface area contributed by atoms with Crippen molar-refractivity contribution in [1.29, 1.82) is 0 Å². The van der Waals surface area contributed by atoms with E-state index in [-0.39, 0.29) is 11.4 Å². The normalized spacial score (nSPS) is 10.2. The molecule has 0 radical (unpaired) electrons. The molecule has 17 heavy (non-hydrogen) atoms. The van der Waals surface area contributed by atoms with Crippen molar-refractivity contribution in [3.63, 3.8) is 0 Å². The minimum atomic E-state index is -0.305. The number of nitrogens with one attached hydrogen (secondary N) is 1. The standard InChI is InChI=1S/C12H12FN3O/c13-10-4-1-2-5-11(10)14-8-9-16-12(17)6-3-7-15-16/h1-7,14H,8-9H2. The Labute approximate surface area is 97.7 Å². The lowest BCUT2D eigenvalue weighted by molar-refractivity contribution is 0.592. The zero-order valence-electron chi connectivity index (χ0n) is 9.14. The topological polar surface area (TPSA) is 46.9 Å². The van der Waals surface area contributed by atoms with Crippen molar-refractivity contribution in [3.05, 3.63) is 58.8 Å². The van der Waals surface area contributed by atoms with Gasteiger partial charge in [0, 0.05) is 18.8 Å². The van der Waals surface area contributed by atoms with E-state index in [2.05, 4.69) is 10.4 Å². The molecule has 1 aromatic heterocycles. The van der Waals surface area contributed by atoms with Gasteiger partial charge in [0.1, 0.15) is 5.82 Å². The highest BCUT2D eigenvalue weighted by molar-refractivity contribution is 5.44. The molecule has 0 saturated heterocycles. The van der Waals surface area contributed by atoms with Crippen LogP contribution in [0.1, 0.15) is 0 Å². The zero-order chi connectivity index (χ0) is 12.1. The summed E-state index contributed by atoms with van der Waals surface area (Å²) in [5.74, 6) is -0.305. The summed E-state index contributed by atoms with van der Waals surface area (Å²) in [5, 5.41) is 6.82. The average Bonchev–Trinajstić information content (AvgIpc) is 2.34. The number of hydrogen-bond donors (Lipinski definition) is 1. The summed E-state index contributed by atoms with van der Waals surface area (Å²) in [4.78, 5) is 11.3. The van der Waals surface area contributed by atoms with Gasteiger partial charge in [-0.3, -0.25) is 4.79 Å². The van der Waals surface area contributed by atoms with Crippen LogP contribution in [0.2, 0.25) is 0 Å². The molecule has 2 rings (SSSR count). The summed E-state index contributed by atoms with van der Waals surface area (Å²) in [6, 6.07) is 9.44. The van der Waals surface area contributed by atoms with Gasteiger partial charge in [-0.2, -0.15) is 5.10 Å². The van der Waals surface area contributed by atoms with Crippen molar-refractivity contribution >= 4 is 5.69 Å². The highest BCUT2D eigenvalue weighted by Crippen LogP contribution is 2.11. The van der Waals surface area contributed by atoms with E-state index >= 15 is 0 Å². The van der Waals surface area contributed by atoms with Crippen molar-refractivity contribution in [2.75, 3.05) is 11.9 Å². The fraction of sp³-hybridized carbons (Fsp3) is 0.167. The summed E-state index contributed by atoms with van der Waals surface area (Å²) in [7, 11) is 0. The van der Waals surface area contributed by atoms with Crippen LogP contribution in [0.5, 0.6) is 0 Å². The van der Waals surface area contributed by atoms with E-state index in [0.29, 0.717) is 18.8 Å². The number of anilines is 1. The molecule has 4 nitrogen and oxygen atoms in total. The molecule has 0 amide bonds. The average molecular weight is 233 g/mol. The van der Waals surface area contributed by atoms with E-state index in [1.165, 1.54) is 16.8 Å². The number of nitrogens with zero attached hydrogens (tertiary/aromatic N) is 2. The van der Waals surface area contributed by atoms with Gasteiger partial charge in [0.25, 0.3) is 5.56 Å². The first-order valence-corrected chi connectivity index (χ1v) is 5.28. The maximum Gasteiger partial charge on any atom is 0.266 e. The van der Waals surface area contributed by atoms with Crippen LogP contribution in [0.25, 0.3) is 0 Å². The molecular weight excluding hydrogens is 221 g/mol. The van der Waals surface area contributed by atoms with E-state index in [4.69, 9.17) is 0 Å². The second-order valence-corrected chi connectivity index (χ2v) is 3.49. The van der Waals surface area contributed by atoms with Crippen molar-refractivity contribution in [2.45, 2.75) is 6.54 Å². The van der Waals surface area contributed by atoms with Gasteiger partial charge in [-0.05, 0) is 18.2 Å². The molecule has 1 heterocycles. The predicted molar refractivity (Wildman–Crippen MR) is 63.4 cm³/mol. The fourth-order valence-corrected chi connectivity index (χ4v) is 1.46. The van der Waals surface area contributed by atoms with E-state index in [1.807, 2.05) is 0 Å². The van der Waals surface area contributed by atoms with Crippen molar-refractivity contribution in [3.8, 4) is 0 Å². The number of para-hydroxylation sites is 1. The first kappa shape index (κ1) is 11.3. The van der Waals surface area contributed by atoms with Crippen LogP contribution in [0.3, 0.4) is 0 Å². The van der Waals surface area contributed by atoms with Crippen molar-refractivity contribution in [2.24, 2.45) is 0 Å². The minimum absolute atomic E-state index is 0.164. The largest absolute Gasteiger partial charge is 0.381 e. The third kappa shape index (κ3) is 2.90. The zero-order valence-corrected chi connectivity index (χ0v) is 9.14. The van der Waals surface area contributed by atoms with Crippen LogP contribution in [0.15, 0.2) is 47.4 Å². The van der Waals surface area contributed by atoms with E-state index in [9.17, 15) is 9.18 Å². The molecule has 2 aromatic rings.